The molecule has 0 aliphatic rings. The lowest BCUT2D eigenvalue weighted by molar-refractivity contribution is 0.0599. The van der Waals surface area contributed by atoms with Crippen molar-refractivity contribution in [3.05, 3.63) is 41.7 Å². The van der Waals surface area contributed by atoms with Crippen LogP contribution >= 0.6 is 11.3 Å². The molecule has 21 heavy (non-hydrogen) atoms. The third-order valence-electron chi connectivity index (χ3n) is 3.23. The van der Waals surface area contributed by atoms with Crippen molar-refractivity contribution in [1.82, 2.24) is 9.97 Å². The molecule has 0 atom stereocenters. The number of nitrogens with two attached hydrogens (primary N) is 1. The first kappa shape index (κ1) is 13.5. The number of aromatic nitrogens is 2. The minimum Gasteiger partial charge on any atom is -0.465 e. The van der Waals surface area contributed by atoms with E-state index < -0.39 is 0 Å². The number of fused-ring (bicyclic) bond motifs is 1. The van der Waals surface area contributed by atoms with Gasteiger partial charge in [0.1, 0.15) is 0 Å². The molecule has 0 aliphatic heterocycles. The Kier molecular flexibility index (Phi) is 3.31. The van der Waals surface area contributed by atoms with Crippen molar-refractivity contribution in [2.45, 2.75) is 6.92 Å². The van der Waals surface area contributed by atoms with Crippen LogP contribution < -0.4 is 5.73 Å². The minimum absolute atomic E-state index is 0.384. The van der Waals surface area contributed by atoms with Gasteiger partial charge in [0.25, 0.3) is 0 Å². The zero-order valence-electron chi connectivity index (χ0n) is 11.6. The van der Waals surface area contributed by atoms with Crippen LogP contribution in [0.3, 0.4) is 0 Å². The molecular weight excluding hydrogens is 286 g/mol. The Bertz CT molecular complexity index is 842. The maximum atomic E-state index is 11.7. The van der Waals surface area contributed by atoms with Gasteiger partial charge in [-0.15, -0.1) is 0 Å². The van der Waals surface area contributed by atoms with Crippen molar-refractivity contribution < 1.29 is 9.53 Å². The highest BCUT2D eigenvalue weighted by Gasteiger charge is 2.12. The molecule has 5 nitrogen and oxygen atoms in total. The number of aryl methyl sites for hydroxylation is 1. The number of thiazole rings is 1. The number of rotatable bonds is 2. The van der Waals surface area contributed by atoms with E-state index in [4.69, 9.17) is 10.5 Å². The van der Waals surface area contributed by atoms with Crippen LogP contribution in [-0.2, 0) is 4.74 Å². The second-order valence-electron chi connectivity index (χ2n) is 4.58. The van der Waals surface area contributed by atoms with Gasteiger partial charge in [-0.25, -0.2) is 9.78 Å². The first-order chi connectivity index (χ1) is 10.1. The summed E-state index contributed by atoms with van der Waals surface area (Å²) in [5, 5.41) is 0.541. The van der Waals surface area contributed by atoms with E-state index in [1.165, 1.54) is 18.4 Å². The zero-order chi connectivity index (χ0) is 15.0. The first-order valence-electron chi connectivity index (χ1n) is 6.30. The van der Waals surface area contributed by atoms with E-state index in [2.05, 4.69) is 9.97 Å². The Morgan fingerprint density at radius 3 is 2.86 bits per heavy atom. The number of methoxy groups -OCH3 is 1. The van der Waals surface area contributed by atoms with Crippen LogP contribution in [-0.4, -0.2) is 23.0 Å². The summed E-state index contributed by atoms with van der Waals surface area (Å²) in [7, 11) is 1.36. The molecule has 0 aliphatic carbocycles. The molecule has 3 aromatic rings. The van der Waals surface area contributed by atoms with Crippen LogP contribution in [0.25, 0.3) is 21.3 Å². The highest BCUT2D eigenvalue weighted by molar-refractivity contribution is 7.22. The molecule has 0 radical (unpaired) electrons. The van der Waals surface area contributed by atoms with Crippen molar-refractivity contribution in [1.29, 1.82) is 0 Å². The van der Waals surface area contributed by atoms with E-state index >= 15 is 0 Å². The average molecular weight is 299 g/mol. The van der Waals surface area contributed by atoms with Crippen molar-refractivity contribution in [3.8, 4) is 11.1 Å². The lowest BCUT2D eigenvalue weighted by atomic mass is 10.0. The number of pyridine rings is 1. The lowest BCUT2D eigenvalue weighted by Crippen LogP contribution is -2.05. The molecule has 3 rings (SSSR count). The normalized spacial score (nSPS) is 10.8. The number of esters is 1. The first-order valence-corrected chi connectivity index (χ1v) is 7.11. The van der Waals surface area contributed by atoms with Crippen LogP contribution in [0, 0.1) is 6.92 Å². The highest BCUT2D eigenvalue weighted by atomic mass is 32.1. The number of hydrogen-bond acceptors (Lipinski definition) is 6. The summed E-state index contributed by atoms with van der Waals surface area (Å²) in [5.74, 6) is -0.384. The molecular formula is C15H13N3O2S. The van der Waals surface area contributed by atoms with E-state index in [1.807, 2.05) is 18.2 Å². The molecule has 0 saturated heterocycles. The molecule has 2 aromatic heterocycles. The number of nitrogen functional groups attached to an aromatic ring is 1. The molecule has 2 N–H and O–H groups in total. The van der Waals surface area contributed by atoms with Gasteiger partial charge < -0.3 is 10.5 Å². The minimum atomic E-state index is -0.384. The van der Waals surface area contributed by atoms with Gasteiger partial charge in [-0.3, -0.25) is 4.98 Å². The van der Waals surface area contributed by atoms with Gasteiger partial charge >= 0.3 is 5.97 Å². The number of carbonyl (C=O) groups excluding carboxylic acids is 1. The Morgan fingerprint density at radius 1 is 1.29 bits per heavy atom. The third kappa shape index (κ3) is 2.45. The zero-order valence-corrected chi connectivity index (χ0v) is 12.4. The predicted molar refractivity (Wildman–Crippen MR) is 83.3 cm³/mol. The summed E-state index contributed by atoms with van der Waals surface area (Å²) in [6.07, 6.45) is 1.74. The van der Waals surface area contributed by atoms with E-state index in [1.54, 1.807) is 19.2 Å². The standard InChI is InChI=1S/C15H13N3O2S/c1-8-11(14(19)20-2)5-10(7-17-8)9-3-4-12-13(6-9)21-15(16)18-12/h3-7H,1-2H3,(H2,16,18). The van der Waals surface area contributed by atoms with Gasteiger partial charge in [0.15, 0.2) is 5.13 Å². The number of benzene rings is 1. The third-order valence-corrected chi connectivity index (χ3v) is 4.08. The SMILES string of the molecule is COC(=O)c1cc(-c2ccc3nc(N)sc3c2)cnc1C. The van der Waals surface area contributed by atoms with E-state index in [-0.39, 0.29) is 5.97 Å². The van der Waals surface area contributed by atoms with Crippen molar-refractivity contribution >= 4 is 32.7 Å². The summed E-state index contributed by atoms with van der Waals surface area (Å²) < 4.78 is 5.78. The fourth-order valence-electron chi connectivity index (χ4n) is 2.13. The number of carbonyl (C=O) groups is 1. The van der Waals surface area contributed by atoms with Gasteiger partial charge in [-0.2, -0.15) is 0 Å². The highest BCUT2D eigenvalue weighted by Crippen LogP contribution is 2.29. The fraction of sp³-hybridized carbons (Fsp3) is 0.133. The van der Waals surface area contributed by atoms with Crippen molar-refractivity contribution in [3.63, 3.8) is 0 Å². The Labute approximate surface area is 125 Å². The Balaban J connectivity index is 2.11. The lowest BCUT2D eigenvalue weighted by Gasteiger charge is -2.06. The van der Waals surface area contributed by atoms with Gasteiger partial charge in [-0.1, -0.05) is 17.4 Å². The molecule has 0 bridgehead atoms. The number of nitrogens with zero attached hydrogens (tertiary/aromatic N) is 2. The van der Waals surface area contributed by atoms with Gasteiger partial charge in [0.2, 0.25) is 0 Å². The number of ether oxygens (including phenoxy) is 1. The summed E-state index contributed by atoms with van der Waals surface area (Å²) in [6, 6.07) is 7.64. The van der Waals surface area contributed by atoms with Crippen molar-refractivity contribution in [2.24, 2.45) is 0 Å². The molecule has 0 unspecified atom stereocenters. The maximum absolute atomic E-state index is 11.7. The van der Waals surface area contributed by atoms with Crippen LogP contribution in [0.5, 0.6) is 0 Å². The summed E-state index contributed by atoms with van der Waals surface area (Å²) in [5.41, 5.74) is 9.52. The molecule has 0 amide bonds. The Morgan fingerprint density at radius 2 is 2.10 bits per heavy atom. The molecule has 0 saturated carbocycles. The maximum Gasteiger partial charge on any atom is 0.339 e. The fourth-order valence-corrected chi connectivity index (χ4v) is 2.90. The van der Waals surface area contributed by atoms with E-state index in [9.17, 15) is 4.79 Å². The van der Waals surface area contributed by atoms with Crippen LogP contribution in [0.1, 0.15) is 16.1 Å². The van der Waals surface area contributed by atoms with Gasteiger partial charge in [-0.05, 0) is 30.7 Å². The monoisotopic (exact) mass is 299 g/mol. The predicted octanol–water partition coefficient (Wildman–Crippen LogP) is 3.04. The topological polar surface area (TPSA) is 78.1 Å². The Hall–Kier alpha value is -2.47. The second-order valence-corrected chi connectivity index (χ2v) is 5.65. The van der Waals surface area contributed by atoms with Crippen molar-refractivity contribution in [2.75, 3.05) is 12.8 Å². The second kappa shape index (κ2) is 5.14. The largest absolute Gasteiger partial charge is 0.465 e. The van der Waals surface area contributed by atoms with Gasteiger partial charge in [0, 0.05) is 11.8 Å². The number of anilines is 1. The van der Waals surface area contributed by atoms with E-state index in [0.29, 0.717) is 16.4 Å². The smallest absolute Gasteiger partial charge is 0.339 e. The van der Waals surface area contributed by atoms with E-state index in [0.717, 1.165) is 21.3 Å². The summed E-state index contributed by atoms with van der Waals surface area (Å²) in [4.78, 5) is 20.2. The summed E-state index contributed by atoms with van der Waals surface area (Å²) >= 11 is 1.43. The molecule has 0 spiro atoms. The quantitative estimate of drug-likeness (QED) is 0.736. The molecule has 2 heterocycles. The average Bonchev–Trinajstić information content (AvgIpc) is 2.86. The molecule has 1 aromatic carbocycles. The van der Waals surface area contributed by atoms with Crippen LogP contribution in [0.2, 0.25) is 0 Å². The van der Waals surface area contributed by atoms with Gasteiger partial charge in [0.05, 0.1) is 28.6 Å². The molecule has 106 valence electrons. The summed E-state index contributed by atoms with van der Waals surface area (Å²) in [6.45, 7) is 1.78. The number of hydrogen-bond donors (Lipinski definition) is 1. The molecule has 0 fully saturated rings. The van der Waals surface area contributed by atoms with Crippen LogP contribution in [0.15, 0.2) is 30.5 Å². The molecule has 6 heteroatoms. The van der Waals surface area contributed by atoms with Crippen LogP contribution in [0.4, 0.5) is 5.13 Å².